The summed E-state index contributed by atoms with van der Waals surface area (Å²) in [6.45, 7) is 8.12. The molecule has 2 N–H and O–H groups in total. The van der Waals surface area contributed by atoms with E-state index in [4.69, 9.17) is 0 Å². The van der Waals surface area contributed by atoms with Gasteiger partial charge >= 0.3 is 0 Å². The van der Waals surface area contributed by atoms with Gasteiger partial charge in [0.2, 0.25) is 0 Å². The van der Waals surface area contributed by atoms with Crippen molar-refractivity contribution in [1.29, 1.82) is 0 Å². The molecule has 4 nitrogen and oxygen atoms in total. The molecule has 0 saturated heterocycles. The molecule has 2 aromatic heterocycles. The van der Waals surface area contributed by atoms with E-state index in [1.807, 2.05) is 52.0 Å². The number of hydrogen-bond acceptors (Lipinski definition) is 4. The Bertz CT molecular complexity index is 1020. The van der Waals surface area contributed by atoms with Crippen molar-refractivity contribution in [3.8, 4) is 11.5 Å². The fourth-order valence-electron chi connectivity index (χ4n) is 2.88. The SMILES string of the molecule is Cc1cnc2c(O)cccc2c1C.Cc1cnc2c(O)cccc2c1C.[Zn]. The van der Waals surface area contributed by atoms with E-state index < -0.39 is 0 Å². The number of pyridine rings is 2. The van der Waals surface area contributed by atoms with Crippen molar-refractivity contribution in [2.75, 3.05) is 0 Å². The molecule has 0 saturated carbocycles. The van der Waals surface area contributed by atoms with Crippen molar-refractivity contribution >= 4 is 21.8 Å². The Hall–Kier alpha value is -2.52. The first-order valence-electron chi connectivity index (χ1n) is 8.48. The Labute approximate surface area is 171 Å². The van der Waals surface area contributed by atoms with Gasteiger partial charge in [0.15, 0.2) is 0 Å². The van der Waals surface area contributed by atoms with Crippen molar-refractivity contribution in [1.82, 2.24) is 9.97 Å². The van der Waals surface area contributed by atoms with Crippen molar-refractivity contribution in [2.45, 2.75) is 27.7 Å². The van der Waals surface area contributed by atoms with Crippen molar-refractivity contribution in [2.24, 2.45) is 0 Å². The van der Waals surface area contributed by atoms with Gasteiger partial charge < -0.3 is 10.2 Å². The molecule has 0 aliphatic rings. The molecule has 4 aromatic rings. The summed E-state index contributed by atoms with van der Waals surface area (Å²) in [5, 5.41) is 21.1. The first-order valence-corrected chi connectivity index (χ1v) is 8.48. The Morgan fingerprint density at radius 1 is 0.630 bits per heavy atom. The summed E-state index contributed by atoms with van der Waals surface area (Å²) < 4.78 is 0. The predicted octanol–water partition coefficient (Wildman–Crippen LogP) is 5.11. The molecule has 0 radical (unpaired) electrons. The average Bonchev–Trinajstić information content (AvgIpc) is 2.63. The summed E-state index contributed by atoms with van der Waals surface area (Å²) in [6, 6.07) is 10.9. The van der Waals surface area contributed by atoms with E-state index in [9.17, 15) is 10.2 Å². The largest absolute Gasteiger partial charge is 0.506 e. The Morgan fingerprint density at radius 2 is 1.00 bits per heavy atom. The van der Waals surface area contributed by atoms with Crippen LogP contribution in [0.3, 0.4) is 0 Å². The van der Waals surface area contributed by atoms with Gasteiger partial charge in [0, 0.05) is 42.6 Å². The molecule has 0 atom stereocenters. The number of phenols is 2. The second kappa shape index (κ2) is 8.45. The summed E-state index contributed by atoms with van der Waals surface area (Å²) in [5.74, 6) is 0.501. The van der Waals surface area contributed by atoms with Crippen molar-refractivity contribution in [3.63, 3.8) is 0 Å². The summed E-state index contributed by atoms with van der Waals surface area (Å²) in [6.07, 6.45) is 3.58. The first-order chi connectivity index (χ1) is 12.4. The van der Waals surface area contributed by atoms with Crippen LogP contribution in [0.25, 0.3) is 21.8 Å². The van der Waals surface area contributed by atoms with Crippen molar-refractivity contribution < 1.29 is 29.7 Å². The molecule has 0 fully saturated rings. The smallest absolute Gasteiger partial charge is 0.141 e. The first kappa shape index (κ1) is 20.8. The molecule has 0 aliphatic heterocycles. The van der Waals surface area contributed by atoms with E-state index in [2.05, 4.69) is 9.97 Å². The molecular weight excluding hydrogens is 390 g/mol. The van der Waals surface area contributed by atoms with Gasteiger partial charge in [-0.2, -0.15) is 0 Å². The van der Waals surface area contributed by atoms with Gasteiger partial charge in [-0.05, 0) is 62.1 Å². The van der Waals surface area contributed by atoms with Crippen LogP contribution in [0.2, 0.25) is 0 Å². The molecule has 0 aliphatic carbocycles. The molecular formula is C22H22N2O2Zn. The number of phenolic OH excluding ortho intramolecular Hbond substituents is 2. The van der Waals surface area contributed by atoms with Crippen LogP contribution in [0.4, 0.5) is 0 Å². The van der Waals surface area contributed by atoms with E-state index in [-0.39, 0.29) is 31.0 Å². The van der Waals surface area contributed by atoms with Crippen LogP contribution in [0, 0.1) is 27.7 Å². The Morgan fingerprint density at radius 3 is 1.37 bits per heavy atom. The fourth-order valence-corrected chi connectivity index (χ4v) is 2.88. The summed E-state index contributed by atoms with van der Waals surface area (Å²) in [4.78, 5) is 8.38. The van der Waals surface area contributed by atoms with E-state index in [0.29, 0.717) is 11.0 Å². The van der Waals surface area contributed by atoms with Crippen LogP contribution in [-0.4, -0.2) is 20.2 Å². The summed E-state index contributed by atoms with van der Waals surface area (Å²) in [7, 11) is 0. The molecule has 2 heterocycles. The van der Waals surface area contributed by atoms with Crippen LogP contribution in [-0.2, 0) is 19.5 Å². The topological polar surface area (TPSA) is 66.2 Å². The number of fused-ring (bicyclic) bond motifs is 2. The Balaban J connectivity index is 0.000000187. The third-order valence-corrected chi connectivity index (χ3v) is 4.80. The van der Waals surface area contributed by atoms with Gasteiger partial charge in [-0.15, -0.1) is 0 Å². The fraction of sp³-hybridized carbons (Fsp3) is 0.182. The summed E-state index contributed by atoms with van der Waals surface area (Å²) >= 11 is 0. The zero-order valence-corrected chi connectivity index (χ0v) is 19.1. The van der Waals surface area contributed by atoms with Gasteiger partial charge in [-0.1, -0.05) is 24.3 Å². The van der Waals surface area contributed by atoms with Crippen LogP contribution in [0.5, 0.6) is 11.5 Å². The number of aromatic nitrogens is 2. The number of para-hydroxylation sites is 2. The second-order valence-electron chi connectivity index (χ2n) is 6.48. The third-order valence-electron chi connectivity index (χ3n) is 4.80. The number of rotatable bonds is 0. The molecule has 2 aromatic carbocycles. The van der Waals surface area contributed by atoms with Crippen LogP contribution < -0.4 is 0 Å². The molecule has 5 heteroatoms. The standard InChI is InChI=1S/2C11H11NO.Zn/c2*1-7-6-12-11-9(8(7)2)4-3-5-10(11)13;/h2*3-6,13H,1-2H3;. The third kappa shape index (κ3) is 4.09. The average molecular weight is 412 g/mol. The van der Waals surface area contributed by atoms with E-state index in [0.717, 1.165) is 21.9 Å². The van der Waals surface area contributed by atoms with Gasteiger partial charge in [0.05, 0.1) is 0 Å². The number of aryl methyl sites for hydroxylation is 4. The minimum atomic E-state index is 0. The Kier molecular flexibility index (Phi) is 6.51. The normalized spacial score (nSPS) is 10.2. The summed E-state index contributed by atoms with van der Waals surface area (Å²) in [5.41, 5.74) is 6.04. The molecule has 0 bridgehead atoms. The molecule has 0 spiro atoms. The second-order valence-corrected chi connectivity index (χ2v) is 6.48. The number of aromatic hydroxyl groups is 2. The van der Waals surface area contributed by atoms with Gasteiger partial charge in [-0.3, -0.25) is 9.97 Å². The maximum atomic E-state index is 9.52. The molecule has 0 amide bonds. The molecule has 27 heavy (non-hydrogen) atoms. The maximum Gasteiger partial charge on any atom is 0.141 e. The zero-order chi connectivity index (χ0) is 18.8. The predicted molar refractivity (Wildman–Crippen MR) is 106 cm³/mol. The number of nitrogens with zero attached hydrogens (tertiary/aromatic N) is 2. The molecule has 4 rings (SSSR count). The monoisotopic (exact) mass is 410 g/mol. The minimum Gasteiger partial charge on any atom is -0.506 e. The van der Waals surface area contributed by atoms with Crippen molar-refractivity contribution in [3.05, 3.63) is 71.0 Å². The van der Waals surface area contributed by atoms with Gasteiger partial charge in [0.1, 0.15) is 22.5 Å². The zero-order valence-electron chi connectivity index (χ0n) is 16.1. The van der Waals surface area contributed by atoms with Crippen LogP contribution >= 0.6 is 0 Å². The number of benzene rings is 2. The number of hydrogen-bond donors (Lipinski definition) is 2. The minimum absolute atomic E-state index is 0. The molecule has 134 valence electrons. The van der Waals surface area contributed by atoms with Crippen LogP contribution in [0.1, 0.15) is 22.3 Å². The maximum absolute atomic E-state index is 9.52. The van der Waals surface area contributed by atoms with Crippen LogP contribution in [0.15, 0.2) is 48.8 Å². The molecule has 0 unspecified atom stereocenters. The van der Waals surface area contributed by atoms with E-state index >= 15 is 0 Å². The van der Waals surface area contributed by atoms with Gasteiger partial charge in [-0.25, -0.2) is 0 Å². The quantitative estimate of drug-likeness (QED) is 0.394. The van der Waals surface area contributed by atoms with E-state index in [1.54, 1.807) is 24.5 Å². The van der Waals surface area contributed by atoms with Gasteiger partial charge in [0.25, 0.3) is 0 Å². The van der Waals surface area contributed by atoms with E-state index in [1.165, 1.54) is 11.1 Å².